The summed E-state index contributed by atoms with van der Waals surface area (Å²) in [5.74, 6) is 0.346. The normalized spacial score (nSPS) is 9.80. The highest BCUT2D eigenvalue weighted by Gasteiger charge is 2.10. The maximum atomic E-state index is 10.8. The summed E-state index contributed by atoms with van der Waals surface area (Å²) >= 11 is 3.19. The van der Waals surface area contributed by atoms with Gasteiger partial charge in [-0.1, -0.05) is 22.0 Å². The minimum Gasteiger partial charge on any atom is -0.488 e. The van der Waals surface area contributed by atoms with E-state index in [1.807, 2.05) is 6.07 Å². The summed E-state index contributed by atoms with van der Waals surface area (Å²) in [5.41, 5.74) is 0.829. The van der Waals surface area contributed by atoms with E-state index in [1.165, 1.54) is 18.3 Å². The van der Waals surface area contributed by atoms with Gasteiger partial charge in [-0.3, -0.25) is 10.1 Å². The highest BCUT2D eigenvalue weighted by atomic mass is 79.9. The van der Waals surface area contributed by atoms with Crippen LogP contribution in [0.1, 0.15) is 11.3 Å². The molecule has 0 N–H and O–H groups in total. The van der Waals surface area contributed by atoms with Crippen molar-refractivity contribution in [3.63, 3.8) is 0 Å². The number of benzene rings is 1. The fourth-order valence-corrected chi connectivity index (χ4v) is 2.01. The van der Waals surface area contributed by atoms with Gasteiger partial charge in [-0.05, 0) is 12.1 Å². The first-order chi connectivity index (χ1) is 9.60. The number of non-ortho nitro benzene ring substituents is 1. The van der Waals surface area contributed by atoms with Gasteiger partial charge in [-0.2, -0.15) is 5.26 Å². The highest BCUT2D eigenvalue weighted by Crippen LogP contribution is 2.26. The zero-order valence-corrected chi connectivity index (χ0v) is 11.7. The van der Waals surface area contributed by atoms with Gasteiger partial charge in [0.15, 0.2) is 0 Å². The van der Waals surface area contributed by atoms with Gasteiger partial charge in [0.05, 0.1) is 11.0 Å². The number of hydrogen-bond acceptors (Lipinski definition) is 5. The molecule has 100 valence electrons. The first kappa shape index (κ1) is 14.0. The van der Waals surface area contributed by atoms with Gasteiger partial charge in [-0.25, -0.2) is 4.98 Å². The third-order valence-corrected chi connectivity index (χ3v) is 2.92. The number of ether oxygens (including phenoxy) is 1. The molecule has 0 spiro atoms. The smallest absolute Gasteiger partial charge is 0.274 e. The highest BCUT2D eigenvalue weighted by molar-refractivity contribution is 9.10. The molecule has 7 heteroatoms. The van der Waals surface area contributed by atoms with Gasteiger partial charge in [0.2, 0.25) is 0 Å². The SMILES string of the molecule is N#Cc1ncccc1COc1cc(Br)cc([N+](=O)[O-])c1. The lowest BCUT2D eigenvalue weighted by Crippen LogP contribution is -2.00. The summed E-state index contributed by atoms with van der Waals surface area (Å²) in [6.07, 6.45) is 1.52. The van der Waals surface area contributed by atoms with Gasteiger partial charge in [0.1, 0.15) is 24.1 Å². The van der Waals surface area contributed by atoms with Crippen LogP contribution in [0.4, 0.5) is 5.69 Å². The van der Waals surface area contributed by atoms with Crippen molar-refractivity contribution in [3.05, 3.63) is 62.4 Å². The molecule has 0 radical (unpaired) electrons. The third kappa shape index (κ3) is 3.30. The number of aromatic nitrogens is 1. The van der Waals surface area contributed by atoms with Crippen molar-refractivity contribution in [1.82, 2.24) is 4.98 Å². The Morgan fingerprint density at radius 1 is 1.45 bits per heavy atom. The fourth-order valence-electron chi connectivity index (χ4n) is 1.55. The Kier molecular flexibility index (Phi) is 4.27. The summed E-state index contributed by atoms with van der Waals surface area (Å²) in [4.78, 5) is 14.2. The van der Waals surface area contributed by atoms with Crippen molar-refractivity contribution in [3.8, 4) is 11.8 Å². The van der Waals surface area contributed by atoms with E-state index in [9.17, 15) is 10.1 Å². The number of nitro groups is 1. The standard InChI is InChI=1S/C13H8BrN3O3/c14-10-4-11(17(18)19)6-12(5-10)20-8-9-2-1-3-16-13(9)7-15/h1-6H,8H2. The van der Waals surface area contributed by atoms with Crippen LogP contribution < -0.4 is 4.74 Å². The van der Waals surface area contributed by atoms with Crippen LogP contribution in [0.2, 0.25) is 0 Å². The minimum atomic E-state index is -0.498. The van der Waals surface area contributed by atoms with E-state index in [0.29, 0.717) is 15.8 Å². The van der Waals surface area contributed by atoms with Gasteiger partial charge in [-0.15, -0.1) is 0 Å². The fraction of sp³-hybridized carbons (Fsp3) is 0.0769. The largest absolute Gasteiger partial charge is 0.488 e. The monoisotopic (exact) mass is 333 g/mol. The molecule has 1 aromatic carbocycles. The second kappa shape index (κ2) is 6.12. The molecule has 0 aliphatic heterocycles. The maximum absolute atomic E-state index is 10.8. The molecule has 0 unspecified atom stereocenters. The Hall–Kier alpha value is -2.46. The predicted molar refractivity (Wildman–Crippen MR) is 74.1 cm³/mol. The number of nitriles is 1. The summed E-state index contributed by atoms with van der Waals surface area (Å²) in [6, 6.07) is 9.72. The van der Waals surface area contributed by atoms with Crippen molar-refractivity contribution >= 4 is 21.6 Å². The zero-order chi connectivity index (χ0) is 14.5. The number of rotatable bonds is 4. The molecule has 0 fully saturated rings. The zero-order valence-electron chi connectivity index (χ0n) is 10.1. The summed E-state index contributed by atoms with van der Waals surface area (Å²) in [5, 5.41) is 19.7. The molecule has 0 bridgehead atoms. The summed E-state index contributed by atoms with van der Waals surface area (Å²) in [7, 11) is 0. The maximum Gasteiger partial charge on any atom is 0.274 e. The Balaban J connectivity index is 2.19. The predicted octanol–water partition coefficient (Wildman–Crippen LogP) is 3.20. The molecule has 2 rings (SSSR count). The number of nitrogens with zero attached hydrogens (tertiary/aromatic N) is 3. The Morgan fingerprint density at radius 2 is 2.25 bits per heavy atom. The molecule has 0 aliphatic carbocycles. The second-order valence-corrected chi connectivity index (χ2v) is 4.73. The van der Waals surface area contributed by atoms with Crippen LogP contribution in [-0.4, -0.2) is 9.91 Å². The summed E-state index contributed by atoms with van der Waals surface area (Å²) < 4.78 is 6.03. The van der Waals surface area contributed by atoms with Crippen LogP contribution in [0, 0.1) is 21.4 Å². The molecule has 0 saturated heterocycles. The van der Waals surface area contributed by atoms with E-state index < -0.39 is 4.92 Å². The average Bonchev–Trinajstić information content (AvgIpc) is 2.44. The quantitative estimate of drug-likeness (QED) is 0.633. The third-order valence-electron chi connectivity index (χ3n) is 2.46. The van der Waals surface area contributed by atoms with E-state index >= 15 is 0 Å². The molecule has 6 nitrogen and oxygen atoms in total. The van der Waals surface area contributed by atoms with Gasteiger partial charge < -0.3 is 4.74 Å². The Bertz CT molecular complexity index is 698. The van der Waals surface area contributed by atoms with Crippen LogP contribution in [-0.2, 0) is 6.61 Å². The molecule has 2 aromatic rings. The number of halogens is 1. The van der Waals surface area contributed by atoms with Crippen molar-refractivity contribution < 1.29 is 9.66 Å². The van der Waals surface area contributed by atoms with Crippen molar-refractivity contribution in [2.75, 3.05) is 0 Å². The van der Waals surface area contributed by atoms with Crippen LogP contribution in [0.5, 0.6) is 5.75 Å². The number of nitro benzene ring substituents is 1. The van der Waals surface area contributed by atoms with E-state index in [-0.39, 0.29) is 18.0 Å². The first-order valence-corrected chi connectivity index (χ1v) is 6.31. The molecule has 1 aromatic heterocycles. The molecule has 0 atom stereocenters. The van der Waals surface area contributed by atoms with Crippen molar-refractivity contribution in [2.24, 2.45) is 0 Å². The first-order valence-electron chi connectivity index (χ1n) is 5.52. The molecule has 0 amide bonds. The van der Waals surface area contributed by atoms with E-state index in [2.05, 4.69) is 20.9 Å². The average molecular weight is 334 g/mol. The molecule has 20 heavy (non-hydrogen) atoms. The summed E-state index contributed by atoms with van der Waals surface area (Å²) in [6.45, 7) is 0.115. The second-order valence-electron chi connectivity index (χ2n) is 3.81. The molecule has 0 saturated carbocycles. The van der Waals surface area contributed by atoms with Crippen molar-refractivity contribution in [1.29, 1.82) is 5.26 Å². The topological polar surface area (TPSA) is 89.0 Å². The van der Waals surface area contributed by atoms with Crippen LogP contribution in [0.25, 0.3) is 0 Å². The van der Waals surface area contributed by atoms with Crippen LogP contribution >= 0.6 is 15.9 Å². The van der Waals surface area contributed by atoms with E-state index in [1.54, 1.807) is 18.2 Å². The minimum absolute atomic E-state index is 0.0685. The van der Waals surface area contributed by atoms with Crippen molar-refractivity contribution in [2.45, 2.75) is 6.61 Å². The molecule has 0 aliphatic rings. The van der Waals surface area contributed by atoms with E-state index in [4.69, 9.17) is 10.00 Å². The molecular weight excluding hydrogens is 326 g/mol. The lowest BCUT2D eigenvalue weighted by Gasteiger charge is -2.07. The van der Waals surface area contributed by atoms with Crippen LogP contribution in [0.3, 0.4) is 0 Å². The number of hydrogen-bond donors (Lipinski definition) is 0. The number of pyridine rings is 1. The van der Waals surface area contributed by atoms with Crippen LogP contribution in [0.15, 0.2) is 41.0 Å². The molecular formula is C13H8BrN3O3. The Labute approximate surface area is 122 Å². The van der Waals surface area contributed by atoms with Gasteiger partial charge in [0, 0.05) is 22.3 Å². The van der Waals surface area contributed by atoms with Gasteiger partial charge in [0.25, 0.3) is 5.69 Å². The molecule has 1 heterocycles. The Morgan fingerprint density at radius 3 is 2.95 bits per heavy atom. The lowest BCUT2D eigenvalue weighted by atomic mass is 10.2. The lowest BCUT2D eigenvalue weighted by molar-refractivity contribution is -0.385. The van der Waals surface area contributed by atoms with E-state index in [0.717, 1.165) is 0 Å². The van der Waals surface area contributed by atoms with Gasteiger partial charge >= 0.3 is 0 Å².